The number of hydrogen-bond donors (Lipinski definition) is 0. The molecule has 0 aliphatic rings. The minimum absolute atomic E-state index is 0.379. The van der Waals surface area contributed by atoms with E-state index < -0.39 is 0 Å². The molecule has 3 heteroatoms. The Morgan fingerprint density at radius 3 is 2.44 bits per heavy atom. The van der Waals surface area contributed by atoms with Crippen LogP contribution in [0.5, 0.6) is 0 Å². The lowest BCUT2D eigenvalue weighted by Crippen LogP contribution is -2.03. The SMILES string of the molecule is CC(C)c1ccc2oc3ccccc3c2c1-n1ccnc1-c1ccccc1. The minimum Gasteiger partial charge on any atom is -0.456 e. The van der Waals surface area contributed by atoms with Crippen molar-refractivity contribution in [1.82, 2.24) is 9.55 Å². The van der Waals surface area contributed by atoms with Gasteiger partial charge in [-0.25, -0.2) is 4.98 Å². The van der Waals surface area contributed by atoms with Crippen molar-refractivity contribution in [3.8, 4) is 17.1 Å². The first-order valence-electron chi connectivity index (χ1n) is 9.27. The fourth-order valence-corrected chi connectivity index (χ4v) is 3.82. The zero-order valence-corrected chi connectivity index (χ0v) is 15.4. The molecule has 0 fully saturated rings. The quantitative estimate of drug-likeness (QED) is 0.368. The van der Waals surface area contributed by atoms with E-state index in [9.17, 15) is 0 Å². The van der Waals surface area contributed by atoms with Gasteiger partial charge in [0.1, 0.15) is 17.0 Å². The number of hydrogen-bond acceptors (Lipinski definition) is 2. The molecular formula is C24H20N2O. The molecule has 3 aromatic carbocycles. The van der Waals surface area contributed by atoms with Crippen molar-refractivity contribution in [3.05, 3.63) is 84.7 Å². The number of para-hydroxylation sites is 1. The number of furan rings is 1. The lowest BCUT2D eigenvalue weighted by Gasteiger charge is -2.17. The van der Waals surface area contributed by atoms with E-state index in [1.165, 1.54) is 5.56 Å². The van der Waals surface area contributed by atoms with Gasteiger partial charge in [-0.3, -0.25) is 4.57 Å². The van der Waals surface area contributed by atoms with Gasteiger partial charge in [0.2, 0.25) is 0 Å². The summed E-state index contributed by atoms with van der Waals surface area (Å²) in [6.45, 7) is 4.46. The largest absolute Gasteiger partial charge is 0.456 e. The highest BCUT2D eigenvalue weighted by Crippen LogP contribution is 2.39. The molecule has 0 N–H and O–H groups in total. The monoisotopic (exact) mass is 352 g/mol. The maximum absolute atomic E-state index is 6.14. The maximum Gasteiger partial charge on any atom is 0.144 e. The maximum atomic E-state index is 6.14. The molecule has 3 nitrogen and oxygen atoms in total. The molecule has 5 aromatic rings. The Labute approximate surface area is 157 Å². The van der Waals surface area contributed by atoms with Crippen molar-refractivity contribution in [1.29, 1.82) is 0 Å². The van der Waals surface area contributed by atoms with Gasteiger partial charge in [-0.15, -0.1) is 0 Å². The van der Waals surface area contributed by atoms with Crippen LogP contribution in [0.15, 0.2) is 83.5 Å². The predicted octanol–water partition coefficient (Wildman–Crippen LogP) is 6.56. The third kappa shape index (κ3) is 2.47. The van der Waals surface area contributed by atoms with Crippen LogP contribution >= 0.6 is 0 Å². The molecule has 5 rings (SSSR count). The molecule has 0 spiro atoms. The van der Waals surface area contributed by atoms with E-state index >= 15 is 0 Å². The highest BCUT2D eigenvalue weighted by molar-refractivity contribution is 6.10. The van der Waals surface area contributed by atoms with Crippen molar-refractivity contribution < 1.29 is 4.42 Å². The molecule has 0 unspecified atom stereocenters. The van der Waals surface area contributed by atoms with Gasteiger partial charge in [0.25, 0.3) is 0 Å². The van der Waals surface area contributed by atoms with Crippen molar-refractivity contribution >= 4 is 21.9 Å². The highest BCUT2D eigenvalue weighted by Gasteiger charge is 2.20. The number of benzene rings is 3. The topological polar surface area (TPSA) is 31.0 Å². The van der Waals surface area contributed by atoms with Gasteiger partial charge in [0, 0.05) is 23.3 Å². The van der Waals surface area contributed by atoms with Crippen LogP contribution in [0.3, 0.4) is 0 Å². The van der Waals surface area contributed by atoms with Crippen LogP contribution < -0.4 is 0 Å². The second-order valence-corrected chi connectivity index (χ2v) is 7.12. The Hall–Kier alpha value is -3.33. The second-order valence-electron chi connectivity index (χ2n) is 7.12. The summed E-state index contributed by atoms with van der Waals surface area (Å²) < 4.78 is 8.34. The molecule has 2 heterocycles. The first kappa shape index (κ1) is 15.9. The zero-order chi connectivity index (χ0) is 18.4. The molecule has 0 aliphatic heterocycles. The standard InChI is InChI=1S/C24H20N2O/c1-16(2)18-12-13-21-22(19-10-6-7-11-20(19)27-21)23(18)26-15-14-25-24(26)17-8-4-3-5-9-17/h3-16H,1-2H3. The summed E-state index contributed by atoms with van der Waals surface area (Å²) in [5, 5.41) is 2.28. The van der Waals surface area contributed by atoms with Crippen molar-refractivity contribution in [2.24, 2.45) is 0 Å². The van der Waals surface area contributed by atoms with Crippen molar-refractivity contribution in [2.75, 3.05) is 0 Å². The first-order valence-corrected chi connectivity index (χ1v) is 9.27. The van der Waals surface area contributed by atoms with Gasteiger partial charge < -0.3 is 4.42 Å². The summed E-state index contributed by atoms with van der Waals surface area (Å²) in [6, 6.07) is 22.8. The molecular weight excluding hydrogens is 332 g/mol. The molecule has 27 heavy (non-hydrogen) atoms. The number of rotatable bonds is 3. The highest BCUT2D eigenvalue weighted by atomic mass is 16.3. The van der Waals surface area contributed by atoms with E-state index in [4.69, 9.17) is 4.42 Å². The van der Waals surface area contributed by atoms with Gasteiger partial charge >= 0.3 is 0 Å². The zero-order valence-electron chi connectivity index (χ0n) is 15.4. The Morgan fingerprint density at radius 1 is 0.852 bits per heavy atom. The van der Waals surface area contributed by atoms with Crippen molar-refractivity contribution in [3.63, 3.8) is 0 Å². The number of fused-ring (bicyclic) bond motifs is 3. The van der Waals surface area contributed by atoms with Gasteiger partial charge in [-0.2, -0.15) is 0 Å². The third-order valence-electron chi connectivity index (χ3n) is 5.08. The molecule has 0 saturated carbocycles. The number of nitrogens with zero attached hydrogens (tertiary/aromatic N) is 2. The molecule has 2 aromatic heterocycles. The van der Waals surface area contributed by atoms with Gasteiger partial charge in [0.15, 0.2) is 0 Å². The summed E-state index contributed by atoms with van der Waals surface area (Å²) in [6.07, 6.45) is 3.91. The fraction of sp³-hybridized carbons (Fsp3) is 0.125. The van der Waals surface area contributed by atoms with Crippen LogP contribution in [0.1, 0.15) is 25.3 Å². The summed E-state index contributed by atoms with van der Waals surface area (Å²) in [5.41, 5.74) is 5.36. The predicted molar refractivity (Wildman–Crippen MR) is 110 cm³/mol. The van der Waals surface area contributed by atoms with Crippen LogP contribution in [-0.4, -0.2) is 9.55 Å². The normalized spacial score (nSPS) is 11.7. The average molecular weight is 352 g/mol. The molecule has 132 valence electrons. The molecule has 0 aliphatic carbocycles. The lowest BCUT2D eigenvalue weighted by molar-refractivity contribution is 0.668. The third-order valence-corrected chi connectivity index (χ3v) is 5.08. The fourth-order valence-electron chi connectivity index (χ4n) is 3.82. The average Bonchev–Trinajstić information content (AvgIpc) is 3.32. The smallest absolute Gasteiger partial charge is 0.144 e. The van der Waals surface area contributed by atoms with Crippen LogP contribution in [0, 0.1) is 0 Å². The van der Waals surface area contributed by atoms with E-state index in [2.05, 4.69) is 59.8 Å². The summed E-state index contributed by atoms with van der Waals surface area (Å²) in [4.78, 5) is 4.67. The molecule has 0 bridgehead atoms. The van der Waals surface area contributed by atoms with E-state index in [-0.39, 0.29) is 0 Å². The molecule has 0 radical (unpaired) electrons. The van der Waals surface area contributed by atoms with Crippen LogP contribution in [-0.2, 0) is 0 Å². The Balaban J connectivity index is 1.91. The Morgan fingerprint density at radius 2 is 1.63 bits per heavy atom. The van der Waals surface area contributed by atoms with E-state index in [0.717, 1.165) is 39.0 Å². The first-order chi connectivity index (χ1) is 13.2. The summed E-state index contributed by atoms with van der Waals surface area (Å²) >= 11 is 0. The second kappa shape index (κ2) is 6.13. The van der Waals surface area contributed by atoms with Gasteiger partial charge in [-0.05, 0) is 23.6 Å². The van der Waals surface area contributed by atoms with E-state index in [1.807, 2.05) is 42.7 Å². The van der Waals surface area contributed by atoms with E-state index in [0.29, 0.717) is 5.92 Å². The number of imidazole rings is 1. The number of aromatic nitrogens is 2. The van der Waals surface area contributed by atoms with Crippen LogP contribution in [0.4, 0.5) is 0 Å². The Kier molecular flexibility index (Phi) is 3.61. The molecule has 0 amide bonds. The van der Waals surface area contributed by atoms with Gasteiger partial charge in [0.05, 0.1) is 11.1 Å². The Bertz CT molecular complexity index is 1250. The lowest BCUT2D eigenvalue weighted by atomic mass is 9.97. The minimum atomic E-state index is 0.379. The van der Waals surface area contributed by atoms with E-state index in [1.54, 1.807) is 0 Å². The molecule has 0 saturated heterocycles. The van der Waals surface area contributed by atoms with Crippen LogP contribution in [0.25, 0.3) is 39.0 Å². The van der Waals surface area contributed by atoms with Crippen molar-refractivity contribution in [2.45, 2.75) is 19.8 Å². The van der Waals surface area contributed by atoms with Gasteiger partial charge in [-0.1, -0.05) is 68.4 Å². The summed E-state index contributed by atoms with van der Waals surface area (Å²) in [5.74, 6) is 1.32. The summed E-state index contributed by atoms with van der Waals surface area (Å²) in [7, 11) is 0. The molecule has 0 atom stereocenters. The van der Waals surface area contributed by atoms with Crippen LogP contribution in [0.2, 0.25) is 0 Å².